The van der Waals surface area contributed by atoms with Gasteiger partial charge in [0.1, 0.15) is 0 Å². The third-order valence-electron chi connectivity index (χ3n) is 1.74. The van der Waals surface area contributed by atoms with Crippen LogP contribution in [0.5, 0.6) is 0 Å². The molecule has 0 bridgehead atoms. The molecule has 4 N–H and O–H groups in total. The van der Waals surface area contributed by atoms with Crippen LogP contribution in [0.15, 0.2) is 35.4 Å². The number of benzene rings is 1. The number of nitrogens with one attached hydrogen (secondary N) is 1. The number of urea groups is 1. The van der Waals surface area contributed by atoms with E-state index in [1.807, 2.05) is 0 Å². The monoisotopic (exact) mass is 233 g/mol. The summed E-state index contributed by atoms with van der Waals surface area (Å²) in [5, 5.41) is 12.0. The number of aliphatic carboxylic acids is 1. The zero-order chi connectivity index (χ0) is 12.7. The molecule has 0 aromatic heterocycles. The van der Waals surface area contributed by atoms with Crippen molar-refractivity contribution in [1.29, 1.82) is 0 Å². The lowest BCUT2D eigenvalue weighted by Gasteiger charge is -1.95. The van der Waals surface area contributed by atoms with E-state index in [0.29, 0.717) is 0 Å². The molecular weight excluding hydrogens is 222 g/mol. The summed E-state index contributed by atoms with van der Waals surface area (Å²) in [5.41, 5.74) is 8.40. The van der Waals surface area contributed by atoms with Crippen LogP contribution in [-0.2, 0) is 4.79 Å². The molecule has 1 aromatic rings. The van der Waals surface area contributed by atoms with Crippen LogP contribution in [0.1, 0.15) is 11.1 Å². The molecule has 0 radical (unpaired) electrons. The van der Waals surface area contributed by atoms with Gasteiger partial charge < -0.3 is 10.8 Å². The fourth-order valence-electron chi connectivity index (χ4n) is 1.03. The molecule has 0 atom stereocenters. The number of carbonyl (C=O) groups is 2. The molecule has 0 heterocycles. The number of primary amides is 1. The van der Waals surface area contributed by atoms with Crippen molar-refractivity contribution in [2.45, 2.75) is 0 Å². The van der Waals surface area contributed by atoms with Crippen molar-refractivity contribution in [3.05, 3.63) is 41.5 Å². The lowest BCUT2D eigenvalue weighted by molar-refractivity contribution is -0.131. The molecule has 88 valence electrons. The van der Waals surface area contributed by atoms with Crippen molar-refractivity contribution in [1.82, 2.24) is 5.43 Å². The second kappa shape index (κ2) is 6.06. The van der Waals surface area contributed by atoms with Gasteiger partial charge in [0.15, 0.2) is 0 Å². The highest BCUT2D eigenvalue weighted by atomic mass is 16.4. The lowest BCUT2D eigenvalue weighted by Crippen LogP contribution is -2.24. The number of carbonyl (C=O) groups excluding carboxylic acids is 1. The molecule has 0 aliphatic heterocycles. The van der Waals surface area contributed by atoms with Crippen LogP contribution < -0.4 is 11.2 Å². The van der Waals surface area contributed by atoms with Gasteiger partial charge in [0.25, 0.3) is 0 Å². The molecule has 17 heavy (non-hydrogen) atoms. The molecule has 1 aromatic carbocycles. The summed E-state index contributed by atoms with van der Waals surface area (Å²) in [6, 6.07) is 6.18. The van der Waals surface area contributed by atoms with Gasteiger partial charge in [-0.2, -0.15) is 5.10 Å². The SMILES string of the molecule is NC(=O)NN=Cc1ccc(C=CC(=O)O)cc1. The van der Waals surface area contributed by atoms with E-state index in [-0.39, 0.29) is 0 Å². The lowest BCUT2D eigenvalue weighted by atomic mass is 10.1. The zero-order valence-corrected chi connectivity index (χ0v) is 8.83. The molecule has 0 fully saturated rings. The maximum absolute atomic E-state index is 10.3. The Hall–Kier alpha value is -2.63. The number of rotatable bonds is 4. The highest BCUT2D eigenvalue weighted by Crippen LogP contribution is 2.04. The number of amides is 2. The fourth-order valence-corrected chi connectivity index (χ4v) is 1.03. The summed E-state index contributed by atoms with van der Waals surface area (Å²) in [6.07, 6.45) is 3.96. The Balaban J connectivity index is 2.65. The van der Waals surface area contributed by atoms with Crippen molar-refractivity contribution in [2.75, 3.05) is 0 Å². The van der Waals surface area contributed by atoms with Gasteiger partial charge in [-0.15, -0.1) is 0 Å². The Kier molecular flexibility index (Phi) is 4.44. The topological polar surface area (TPSA) is 105 Å². The van der Waals surface area contributed by atoms with Crippen molar-refractivity contribution in [3.63, 3.8) is 0 Å². The van der Waals surface area contributed by atoms with E-state index in [9.17, 15) is 9.59 Å². The van der Waals surface area contributed by atoms with E-state index >= 15 is 0 Å². The van der Waals surface area contributed by atoms with Crippen molar-refractivity contribution in [3.8, 4) is 0 Å². The van der Waals surface area contributed by atoms with Crippen LogP contribution in [-0.4, -0.2) is 23.3 Å². The van der Waals surface area contributed by atoms with E-state index in [1.54, 1.807) is 24.3 Å². The van der Waals surface area contributed by atoms with Gasteiger partial charge in [0.05, 0.1) is 6.21 Å². The van der Waals surface area contributed by atoms with Crippen LogP contribution in [0.25, 0.3) is 6.08 Å². The van der Waals surface area contributed by atoms with Gasteiger partial charge in [-0.25, -0.2) is 15.0 Å². The normalized spacial score (nSPS) is 10.8. The average molecular weight is 233 g/mol. The fraction of sp³-hybridized carbons (Fsp3) is 0. The number of nitrogens with zero attached hydrogens (tertiary/aromatic N) is 1. The standard InChI is InChI=1S/C11H11N3O3/c12-11(17)14-13-7-9-3-1-8(2-4-9)5-6-10(15)16/h1-7H,(H,15,16)(H3,12,14,17). The second-order valence-corrected chi connectivity index (χ2v) is 3.07. The number of carboxylic acid groups (broad SMARTS) is 1. The quantitative estimate of drug-likeness (QED) is 0.406. The van der Waals surface area contributed by atoms with E-state index in [1.165, 1.54) is 12.3 Å². The van der Waals surface area contributed by atoms with Gasteiger partial charge in [0.2, 0.25) is 0 Å². The highest BCUT2D eigenvalue weighted by molar-refractivity contribution is 5.86. The highest BCUT2D eigenvalue weighted by Gasteiger charge is 1.91. The van der Waals surface area contributed by atoms with Gasteiger partial charge in [0, 0.05) is 6.08 Å². The van der Waals surface area contributed by atoms with E-state index in [2.05, 4.69) is 10.5 Å². The molecule has 0 unspecified atom stereocenters. The van der Waals surface area contributed by atoms with E-state index < -0.39 is 12.0 Å². The van der Waals surface area contributed by atoms with Gasteiger partial charge in [-0.1, -0.05) is 24.3 Å². The third-order valence-corrected chi connectivity index (χ3v) is 1.74. The Morgan fingerprint density at radius 1 is 1.24 bits per heavy atom. The number of nitrogens with two attached hydrogens (primary N) is 1. The number of hydrogen-bond donors (Lipinski definition) is 3. The Morgan fingerprint density at radius 2 is 1.82 bits per heavy atom. The first kappa shape index (κ1) is 12.4. The van der Waals surface area contributed by atoms with Crippen LogP contribution in [0.4, 0.5) is 4.79 Å². The number of hydrogen-bond acceptors (Lipinski definition) is 3. The number of carboxylic acids is 1. The third kappa shape index (κ3) is 5.12. The summed E-state index contributed by atoms with van der Waals surface area (Å²) < 4.78 is 0. The minimum atomic E-state index is -0.999. The first-order valence-corrected chi connectivity index (χ1v) is 4.67. The molecule has 6 nitrogen and oxygen atoms in total. The van der Waals surface area contributed by atoms with Crippen LogP contribution >= 0.6 is 0 Å². The molecular formula is C11H11N3O3. The maximum Gasteiger partial charge on any atom is 0.332 e. The minimum Gasteiger partial charge on any atom is -0.478 e. The summed E-state index contributed by atoms with van der Waals surface area (Å²) >= 11 is 0. The molecule has 2 amide bonds. The van der Waals surface area contributed by atoms with Crippen molar-refractivity contribution >= 4 is 24.3 Å². The predicted molar refractivity (Wildman–Crippen MR) is 63.4 cm³/mol. The number of hydrazone groups is 1. The van der Waals surface area contributed by atoms with E-state index in [4.69, 9.17) is 10.8 Å². The average Bonchev–Trinajstić information content (AvgIpc) is 2.27. The first-order valence-electron chi connectivity index (χ1n) is 4.67. The predicted octanol–water partition coefficient (Wildman–Crippen LogP) is 0.787. The Morgan fingerprint density at radius 3 is 2.35 bits per heavy atom. The molecule has 1 rings (SSSR count). The van der Waals surface area contributed by atoms with Crippen molar-refractivity contribution < 1.29 is 14.7 Å². The smallest absolute Gasteiger partial charge is 0.332 e. The summed E-state index contributed by atoms with van der Waals surface area (Å²) in [6.45, 7) is 0. The Labute approximate surface area is 97.4 Å². The first-order chi connectivity index (χ1) is 8.08. The molecule has 0 aliphatic carbocycles. The van der Waals surface area contributed by atoms with Crippen molar-refractivity contribution in [2.24, 2.45) is 10.8 Å². The molecule has 0 saturated heterocycles. The van der Waals surface area contributed by atoms with E-state index in [0.717, 1.165) is 17.2 Å². The Bertz CT molecular complexity index is 463. The van der Waals surface area contributed by atoms with Crippen LogP contribution in [0, 0.1) is 0 Å². The summed E-state index contributed by atoms with van der Waals surface area (Å²) in [7, 11) is 0. The summed E-state index contributed by atoms with van der Waals surface area (Å²) in [5.74, 6) is -0.999. The maximum atomic E-state index is 10.3. The van der Waals surface area contributed by atoms with Gasteiger partial charge in [-0.3, -0.25) is 0 Å². The van der Waals surface area contributed by atoms with Crippen LogP contribution in [0.2, 0.25) is 0 Å². The molecule has 6 heteroatoms. The molecule has 0 aliphatic rings. The summed E-state index contributed by atoms with van der Waals surface area (Å²) in [4.78, 5) is 20.6. The second-order valence-electron chi connectivity index (χ2n) is 3.07. The largest absolute Gasteiger partial charge is 0.478 e. The molecule has 0 saturated carbocycles. The van der Waals surface area contributed by atoms with Gasteiger partial charge >= 0.3 is 12.0 Å². The molecule has 0 spiro atoms. The minimum absolute atomic E-state index is 0.734. The van der Waals surface area contributed by atoms with Gasteiger partial charge in [-0.05, 0) is 17.2 Å². The zero-order valence-electron chi connectivity index (χ0n) is 8.83. The van der Waals surface area contributed by atoms with Crippen LogP contribution in [0.3, 0.4) is 0 Å².